The monoisotopic (exact) mass is 373 g/mol. The number of hydrogen-bond donors (Lipinski definition) is 1. The number of nitrogens with one attached hydrogen (secondary N) is 1. The molecule has 1 aliphatic heterocycles. The van der Waals surface area contributed by atoms with E-state index in [0.717, 1.165) is 29.7 Å². The van der Waals surface area contributed by atoms with Gasteiger partial charge in [0.2, 0.25) is 17.7 Å². The van der Waals surface area contributed by atoms with E-state index in [0.29, 0.717) is 18.4 Å². The van der Waals surface area contributed by atoms with Gasteiger partial charge in [0.05, 0.1) is 10.3 Å². The van der Waals surface area contributed by atoms with Crippen molar-refractivity contribution in [1.29, 1.82) is 0 Å². The first-order valence-electron chi connectivity index (χ1n) is 9.14. The molecule has 2 aliphatic rings. The van der Waals surface area contributed by atoms with Crippen LogP contribution in [0.1, 0.15) is 49.7 Å². The number of benzene rings is 1. The molecule has 1 aliphatic carbocycles. The number of anilines is 1. The highest BCUT2D eigenvalue weighted by Gasteiger charge is 2.51. The molecule has 1 spiro atoms. The summed E-state index contributed by atoms with van der Waals surface area (Å²) in [7, 11) is 0. The number of aryl methyl sites for hydroxylation is 1. The van der Waals surface area contributed by atoms with Gasteiger partial charge in [0.15, 0.2) is 0 Å². The van der Waals surface area contributed by atoms with Gasteiger partial charge in [-0.15, -0.1) is 0 Å². The van der Waals surface area contributed by atoms with Gasteiger partial charge in [-0.1, -0.05) is 25.3 Å². The van der Waals surface area contributed by atoms with Crippen molar-refractivity contribution in [2.75, 3.05) is 11.9 Å². The van der Waals surface area contributed by atoms with Gasteiger partial charge >= 0.3 is 0 Å². The molecule has 1 saturated carbocycles. The molecule has 0 bridgehead atoms. The fourth-order valence-electron chi connectivity index (χ4n) is 4.07. The summed E-state index contributed by atoms with van der Waals surface area (Å²) in [5.41, 5.74) is 0.623. The van der Waals surface area contributed by atoms with Crippen LogP contribution in [0.15, 0.2) is 12.1 Å². The Morgan fingerprint density at radius 1 is 1.22 bits per heavy atom. The van der Waals surface area contributed by atoms with E-state index in [1.165, 1.54) is 6.07 Å². The third-order valence-electron chi connectivity index (χ3n) is 5.78. The van der Waals surface area contributed by atoms with E-state index in [1.54, 1.807) is 19.9 Å². The van der Waals surface area contributed by atoms with Crippen molar-refractivity contribution in [2.45, 2.75) is 52.4 Å². The molecule has 8 heteroatoms. The van der Waals surface area contributed by atoms with E-state index in [-0.39, 0.29) is 29.6 Å². The topological polar surface area (TPSA) is 110 Å². The van der Waals surface area contributed by atoms with Crippen molar-refractivity contribution in [2.24, 2.45) is 5.41 Å². The van der Waals surface area contributed by atoms with Gasteiger partial charge in [-0.25, -0.2) is 0 Å². The summed E-state index contributed by atoms with van der Waals surface area (Å²) < 4.78 is 0. The average molecular weight is 373 g/mol. The molecule has 144 valence electrons. The minimum absolute atomic E-state index is 0.108. The Hall–Kier alpha value is -2.77. The van der Waals surface area contributed by atoms with Crippen LogP contribution in [-0.2, 0) is 14.4 Å². The van der Waals surface area contributed by atoms with Gasteiger partial charge in [0, 0.05) is 12.5 Å². The molecule has 1 N–H and O–H groups in total. The highest BCUT2D eigenvalue weighted by atomic mass is 16.6. The number of carbonyl (C=O) groups is 3. The zero-order valence-corrected chi connectivity index (χ0v) is 15.5. The van der Waals surface area contributed by atoms with Gasteiger partial charge in [0.1, 0.15) is 12.2 Å². The molecule has 1 aromatic carbocycles. The van der Waals surface area contributed by atoms with Crippen molar-refractivity contribution in [3.63, 3.8) is 0 Å². The SMILES string of the molecule is Cc1ccc([N+](=O)[O-])c(NC(=O)CN2C(=O)CC3(CCCCC3)C2=O)c1C. The molecule has 3 rings (SSSR count). The van der Waals surface area contributed by atoms with E-state index >= 15 is 0 Å². The zero-order chi connectivity index (χ0) is 19.8. The first-order chi connectivity index (χ1) is 12.7. The maximum absolute atomic E-state index is 12.8. The number of nitro groups is 1. The summed E-state index contributed by atoms with van der Waals surface area (Å²) in [6, 6.07) is 2.95. The number of nitrogens with zero attached hydrogens (tertiary/aromatic N) is 2. The first kappa shape index (κ1) is 19.0. The predicted molar refractivity (Wildman–Crippen MR) is 98.1 cm³/mol. The Morgan fingerprint density at radius 3 is 2.52 bits per heavy atom. The van der Waals surface area contributed by atoms with Crippen LogP contribution in [0.3, 0.4) is 0 Å². The van der Waals surface area contributed by atoms with Crippen molar-refractivity contribution < 1.29 is 19.3 Å². The number of amides is 3. The molecule has 27 heavy (non-hydrogen) atoms. The fraction of sp³-hybridized carbons (Fsp3) is 0.526. The lowest BCUT2D eigenvalue weighted by Crippen LogP contribution is -2.41. The number of likely N-dealkylation sites (tertiary alicyclic amines) is 1. The van der Waals surface area contributed by atoms with E-state index in [9.17, 15) is 24.5 Å². The van der Waals surface area contributed by atoms with Crippen LogP contribution in [0.5, 0.6) is 0 Å². The Balaban J connectivity index is 1.77. The highest BCUT2D eigenvalue weighted by Crippen LogP contribution is 2.45. The summed E-state index contributed by atoms with van der Waals surface area (Å²) in [5, 5.41) is 13.8. The van der Waals surface area contributed by atoms with Gasteiger partial charge in [0.25, 0.3) is 5.69 Å². The second-order valence-corrected chi connectivity index (χ2v) is 7.51. The predicted octanol–water partition coefficient (Wildman–Crippen LogP) is 2.86. The molecule has 0 atom stereocenters. The maximum Gasteiger partial charge on any atom is 0.293 e. The van der Waals surface area contributed by atoms with Crippen molar-refractivity contribution >= 4 is 29.1 Å². The van der Waals surface area contributed by atoms with Crippen LogP contribution < -0.4 is 5.32 Å². The van der Waals surface area contributed by atoms with E-state index in [4.69, 9.17) is 0 Å². The molecule has 0 unspecified atom stereocenters. The summed E-state index contributed by atoms with van der Waals surface area (Å²) >= 11 is 0. The molecule has 1 aromatic rings. The zero-order valence-electron chi connectivity index (χ0n) is 15.5. The molecule has 0 aromatic heterocycles. The third kappa shape index (κ3) is 3.43. The summed E-state index contributed by atoms with van der Waals surface area (Å²) in [6.07, 6.45) is 4.39. The lowest BCUT2D eigenvalue weighted by atomic mass is 9.73. The second-order valence-electron chi connectivity index (χ2n) is 7.51. The normalized spacial score (nSPS) is 18.8. The first-order valence-corrected chi connectivity index (χ1v) is 9.14. The standard InChI is InChI=1S/C19H23N3O5/c1-12-6-7-14(22(26)27)17(13(12)2)20-15(23)11-21-16(24)10-19(18(21)25)8-4-3-5-9-19/h6-7H,3-5,8-11H2,1-2H3,(H,20,23). The number of rotatable bonds is 4. The summed E-state index contributed by atoms with van der Waals surface area (Å²) in [5.74, 6) is -1.23. The lowest BCUT2D eigenvalue weighted by Gasteiger charge is -2.30. The quantitative estimate of drug-likeness (QED) is 0.496. The van der Waals surface area contributed by atoms with E-state index in [1.807, 2.05) is 0 Å². The van der Waals surface area contributed by atoms with Crippen molar-refractivity contribution in [3.8, 4) is 0 Å². The number of nitro benzene ring substituents is 1. The minimum atomic E-state index is -0.652. The highest BCUT2D eigenvalue weighted by molar-refractivity contribution is 6.09. The third-order valence-corrected chi connectivity index (χ3v) is 5.78. The van der Waals surface area contributed by atoms with Crippen LogP contribution in [0.4, 0.5) is 11.4 Å². The molecule has 8 nitrogen and oxygen atoms in total. The smallest absolute Gasteiger partial charge is 0.293 e. The van der Waals surface area contributed by atoms with Crippen LogP contribution >= 0.6 is 0 Å². The maximum atomic E-state index is 12.8. The Labute approximate surface area is 157 Å². The van der Waals surface area contributed by atoms with Crippen LogP contribution in [-0.4, -0.2) is 34.1 Å². The second kappa shape index (κ2) is 7.09. The van der Waals surface area contributed by atoms with E-state index in [2.05, 4.69) is 5.32 Å². The number of imide groups is 1. The average Bonchev–Trinajstić information content (AvgIpc) is 2.83. The molecule has 1 saturated heterocycles. The van der Waals surface area contributed by atoms with Gasteiger partial charge in [-0.3, -0.25) is 29.4 Å². The number of carbonyl (C=O) groups excluding carboxylic acids is 3. The largest absolute Gasteiger partial charge is 0.319 e. The van der Waals surface area contributed by atoms with Crippen molar-refractivity contribution in [1.82, 2.24) is 4.90 Å². The van der Waals surface area contributed by atoms with Gasteiger partial charge in [-0.05, 0) is 37.8 Å². The van der Waals surface area contributed by atoms with Crippen LogP contribution in [0, 0.1) is 29.4 Å². The van der Waals surface area contributed by atoms with Gasteiger partial charge in [-0.2, -0.15) is 0 Å². The van der Waals surface area contributed by atoms with Crippen LogP contribution in [0.2, 0.25) is 0 Å². The Morgan fingerprint density at radius 2 is 1.89 bits per heavy atom. The molecule has 3 amide bonds. The molecule has 2 fully saturated rings. The minimum Gasteiger partial charge on any atom is -0.319 e. The van der Waals surface area contributed by atoms with E-state index < -0.39 is 22.8 Å². The molecular weight excluding hydrogens is 350 g/mol. The van der Waals surface area contributed by atoms with Gasteiger partial charge < -0.3 is 5.32 Å². The molecular formula is C19H23N3O5. The molecule has 0 radical (unpaired) electrons. The fourth-order valence-corrected chi connectivity index (χ4v) is 4.07. The number of hydrogen-bond acceptors (Lipinski definition) is 5. The molecule has 1 heterocycles. The summed E-state index contributed by atoms with van der Waals surface area (Å²) in [4.78, 5) is 49.3. The Bertz CT molecular complexity index is 827. The van der Waals surface area contributed by atoms with Crippen LogP contribution in [0.25, 0.3) is 0 Å². The lowest BCUT2D eigenvalue weighted by molar-refractivity contribution is -0.384. The van der Waals surface area contributed by atoms with Crippen molar-refractivity contribution in [3.05, 3.63) is 33.4 Å². The Kier molecular flexibility index (Phi) is 4.99. The summed E-state index contributed by atoms with van der Waals surface area (Å²) in [6.45, 7) is 3.06.